The van der Waals surface area contributed by atoms with E-state index in [0.29, 0.717) is 0 Å². The number of rotatable bonds is 6. The minimum absolute atomic E-state index is 0.00755. The van der Waals surface area contributed by atoms with Crippen LogP contribution in [0.2, 0.25) is 0 Å². The molecule has 0 aliphatic heterocycles. The third kappa shape index (κ3) is 3.40. The van der Waals surface area contributed by atoms with Crippen molar-refractivity contribution in [1.82, 2.24) is 0 Å². The summed E-state index contributed by atoms with van der Waals surface area (Å²) in [5.41, 5.74) is 0. The summed E-state index contributed by atoms with van der Waals surface area (Å²) in [6.07, 6.45) is -3.57. The number of aliphatic carboxylic acids is 3. The van der Waals surface area contributed by atoms with Crippen molar-refractivity contribution < 1.29 is 34.4 Å². The van der Waals surface area contributed by atoms with Gasteiger partial charge in [0.15, 0.2) is 6.10 Å². The molecule has 0 saturated heterocycles. The highest BCUT2D eigenvalue weighted by Crippen LogP contribution is 2.04. The van der Waals surface area contributed by atoms with E-state index in [4.69, 9.17) is 15.3 Å². The van der Waals surface area contributed by atoms with Crippen molar-refractivity contribution in [2.24, 2.45) is 0 Å². The lowest BCUT2D eigenvalue weighted by atomic mass is 10.2. The molecule has 7 nitrogen and oxygen atoms in total. The van der Waals surface area contributed by atoms with Crippen molar-refractivity contribution >= 4 is 17.9 Å². The van der Waals surface area contributed by atoms with E-state index in [-0.39, 0.29) is 6.42 Å². The van der Waals surface area contributed by atoms with Gasteiger partial charge in [-0.25, -0.2) is 14.4 Å². The van der Waals surface area contributed by atoms with Crippen LogP contribution >= 0.6 is 0 Å². The first-order valence-electron chi connectivity index (χ1n) is 3.74. The maximum atomic E-state index is 10.4. The summed E-state index contributed by atoms with van der Waals surface area (Å²) in [6, 6.07) is 0. The van der Waals surface area contributed by atoms with E-state index in [1.54, 1.807) is 0 Å². The van der Waals surface area contributed by atoms with Crippen LogP contribution in [-0.2, 0) is 19.1 Å². The Morgan fingerprint density at radius 3 is 1.71 bits per heavy atom. The average molecular weight is 206 g/mol. The van der Waals surface area contributed by atoms with E-state index in [9.17, 15) is 14.4 Å². The zero-order valence-corrected chi connectivity index (χ0v) is 7.34. The van der Waals surface area contributed by atoms with Crippen LogP contribution in [0, 0.1) is 0 Å². The molecule has 0 aromatic carbocycles. The Morgan fingerprint density at radius 2 is 1.50 bits per heavy atom. The zero-order chi connectivity index (χ0) is 11.3. The van der Waals surface area contributed by atoms with Gasteiger partial charge in [0.2, 0.25) is 0 Å². The summed E-state index contributed by atoms with van der Waals surface area (Å²) in [5, 5.41) is 25.2. The molecule has 1 unspecified atom stereocenters. The van der Waals surface area contributed by atoms with Gasteiger partial charge < -0.3 is 20.1 Å². The molecular formula is C7H10O7. The maximum absolute atomic E-state index is 10.4. The van der Waals surface area contributed by atoms with Gasteiger partial charge in [-0.05, 0) is 6.42 Å². The summed E-state index contributed by atoms with van der Waals surface area (Å²) in [4.78, 5) is 31.0. The molecule has 0 heterocycles. The van der Waals surface area contributed by atoms with Gasteiger partial charge in [-0.2, -0.15) is 0 Å². The molecule has 0 rings (SSSR count). The van der Waals surface area contributed by atoms with Gasteiger partial charge in [-0.3, -0.25) is 0 Å². The average Bonchev–Trinajstić information content (AvgIpc) is 2.03. The Balaban J connectivity index is 4.49. The quantitative estimate of drug-likeness (QED) is 0.496. The first kappa shape index (κ1) is 12.4. The molecule has 7 heteroatoms. The zero-order valence-electron chi connectivity index (χ0n) is 7.34. The lowest BCUT2D eigenvalue weighted by molar-refractivity contribution is -0.175. The fourth-order valence-corrected chi connectivity index (χ4v) is 0.715. The Kier molecular flexibility index (Phi) is 4.57. The minimum atomic E-state index is -2.14. The van der Waals surface area contributed by atoms with Crippen LogP contribution in [0.25, 0.3) is 0 Å². The number of ether oxygens (including phenoxy) is 1. The topological polar surface area (TPSA) is 121 Å². The van der Waals surface area contributed by atoms with Gasteiger partial charge in [0.25, 0.3) is 6.10 Å². The molecule has 1 atom stereocenters. The van der Waals surface area contributed by atoms with Crippen LogP contribution in [0.4, 0.5) is 0 Å². The number of hydrogen-bond donors (Lipinski definition) is 3. The number of carboxylic acids is 3. The molecular weight excluding hydrogens is 196 g/mol. The normalized spacial score (nSPS) is 12.4. The molecule has 0 fully saturated rings. The first-order chi connectivity index (χ1) is 6.40. The van der Waals surface area contributed by atoms with Crippen molar-refractivity contribution in [2.75, 3.05) is 0 Å². The standard InChI is InChI=1S/C7H10O7/c1-2-3(5(8)9)14-4(6(10)11)7(12)13/h3-4H,2H2,1H3,(H,8,9)(H,10,11)(H,12,13). The molecule has 0 spiro atoms. The summed E-state index contributed by atoms with van der Waals surface area (Å²) in [5.74, 6) is -4.84. The molecule has 14 heavy (non-hydrogen) atoms. The molecule has 3 N–H and O–H groups in total. The lowest BCUT2D eigenvalue weighted by Crippen LogP contribution is -2.38. The molecule has 0 bridgehead atoms. The van der Waals surface area contributed by atoms with Gasteiger partial charge >= 0.3 is 17.9 Å². The van der Waals surface area contributed by atoms with Crippen molar-refractivity contribution in [3.63, 3.8) is 0 Å². The Labute approximate surface area is 78.9 Å². The molecule has 0 saturated carbocycles. The molecule has 0 radical (unpaired) electrons. The van der Waals surface area contributed by atoms with Crippen LogP contribution in [-0.4, -0.2) is 45.4 Å². The van der Waals surface area contributed by atoms with Crippen LogP contribution < -0.4 is 0 Å². The van der Waals surface area contributed by atoms with Crippen molar-refractivity contribution in [2.45, 2.75) is 25.6 Å². The van der Waals surface area contributed by atoms with Gasteiger partial charge in [0.05, 0.1) is 0 Å². The summed E-state index contributed by atoms with van der Waals surface area (Å²) in [6.45, 7) is 1.44. The fourth-order valence-electron chi connectivity index (χ4n) is 0.715. The molecule has 0 aliphatic rings. The van der Waals surface area contributed by atoms with E-state index < -0.39 is 30.1 Å². The van der Waals surface area contributed by atoms with Crippen LogP contribution in [0.1, 0.15) is 13.3 Å². The summed E-state index contributed by atoms with van der Waals surface area (Å²) < 4.78 is 4.39. The van der Waals surface area contributed by atoms with E-state index >= 15 is 0 Å². The first-order valence-corrected chi connectivity index (χ1v) is 3.74. The third-order valence-corrected chi connectivity index (χ3v) is 1.40. The monoisotopic (exact) mass is 206 g/mol. The Hall–Kier alpha value is -1.63. The predicted octanol–water partition coefficient (Wildman–Crippen LogP) is -0.596. The smallest absolute Gasteiger partial charge is 0.344 e. The maximum Gasteiger partial charge on any atom is 0.344 e. The van der Waals surface area contributed by atoms with Crippen LogP contribution in [0.15, 0.2) is 0 Å². The lowest BCUT2D eigenvalue weighted by Gasteiger charge is -2.14. The van der Waals surface area contributed by atoms with E-state index in [1.165, 1.54) is 6.92 Å². The molecule has 0 aromatic rings. The minimum Gasteiger partial charge on any atom is -0.479 e. The Bertz CT molecular complexity index is 232. The predicted molar refractivity (Wildman–Crippen MR) is 41.9 cm³/mol. The van der Waals surface area contributed by atoms with Gasteiger partial charge in [-0.1, -0.05) is 6.92 Å². The molecule has 80 valence electrons. The van der Waals surface area contributed by atoms with Crippen LogP contribution in [0.5, 0.6) is 0 Å². The summed E-state index contributed by atoms with van der Waals surface area (Å²) >= 11 is 0. The summed E-state index contributed by atoms with van der Waals surface area (Å²) in [7, 11) is 0. The largest absolute Gasteiger partial charge is 0.479 e. The van der Waals surface area contributed by atoms with E-state index in [2.05, 4.69) is 4.74 Å². The molecule has 0 aromatic heterocycles. The van der Waals surface area contributed by atoms with Gasteiger partial charge in [-0.15, -0.1) is 0 Å². The number of carbonyl (C=O) groups is 3. The number of carboxylic acid groups (broad SMARTS) is 3. The SMILES string of the molecule is CCC(OC(C(=O)O)C(=O)O)C(=O)O. The highest BCUT2D eigenvalue weighted by Gasteiger charge is 2.32. The van der Waals surface area contributed by atoms with E-state index in [1.807, 2.05) is 0 Å². The van der Waals surface area contributed by atoms with Crippen molar-refractivity contribution in [3.05, 3.63) is 0 Å². The second kappa shape index (κ2) is 5.18. The highest BCUT2D eigenvalue weighted by molar-refractivity contribution is 5.96. The van der Waals surface area contributed by atoms with Crippen LogP contribution in [0.3, 0.4) is 0 Å². The number of hydrogen-bond acceptors (Lipinski definition) is 4. The second-order valence-electron chi connectivity index (χ2n) is 2.43. The fraction of sp³-hybridized carbons (Fsp3) is 0.571. The Morgan fingerprint density at radius 1 is 1.07 bits per heavy atom. The highest BCUT2D eigenvalue weighted by atomic mass is 16.6. The van der Waals surface area contributed by atoms with Gasteiger partial charge in [0.1, 0.15) is 0 Å². The second-order valence-corrected chi connectivity index (χ2v) is 2.43. The van der Waals surface area contributed by atoms with E-state index in [0.717, 1.165) is 0 Å². The van der Waals surface area contributed by atoms with Crippen molar-refractivity contribution in [1.29, 1.82) is 0 Å². The van der Waals surface area contributed by atoms with Crippen molar-refractivity contribution in [3.8, 4) is 0 Å². The molecule has 0 amide bonds. The molecule has 0 aliphatic carbocycles. The van der Waals surface area contributed by atoms with Gasteiger partial charge in [0, 0.05) is 0 Å². The third-order valence-electron chi connectivity index (χ3n) is 1.40.